The van der Waals surface area contributed by atoms with Crippen molar-refractivity contribution in [3.8, 4) is 0 Å². The van der Waals surface area contributed by atoms with Gasteiger partial charge in [0.25, 0.3) is 5.91 Å². The Labute approximate surface area is 160 Å². The molecule has 3 heterocycles. The summed E-state index contributed by atoms with van der Waals surface area (Å²) in [7, 11) is 0. The minimum atomic E-state index is -0.630. The van der Waals surface area contributed by atoms with Crippen molar-refractivity contribution in [1.82, 2.24) is 5.16 Å². The second kappa shape index (κ2) is 5.92. The Morgan fingerprint density at radius 3 is 2.50 bits per heavy atom. The van der Waals surface area contributed by atoms with Gasteiger partial charge in [-0.05, 0) is 31.5 Å². The van der Waals surface area contributed by atoms with Gasteiger partial charge in [0.15, 0.2) is 11.2 Å². The van der Waals surface area contributed by atoms with E-state index in [2.05, 4.69) is 5.16 Å². The zero-order chi connectivity index (χ0) is 19.4. The zero-order valence-electron chi connectivity index (χ0n) is 15.3. The number of hydrogen-bond acceptors (Lipinski definition) is 5. The number of carbonyl (C=O) groups excluding carboxylic acids is 1. The first-order valence-corrected chi connectivity index (χ1v) is 8.94. The molecule has 0 unspecified atom stereocenters. The summed E-state index contributed by atoms with van der Waals surface area (Å²) in [6.45, 7) is 3.67. The maximum absolute atomic E-state index is 13.4. The fourth-order valence-corrected chi connectivity index (χ4v) is 3.74. The maximum atomic E-state index is 13.4. The van der Waals surface area contributed by atoms with Crippen LogP contribution in [0.2, 0.25) is 0 Å². The third-order valence-corrected chi connectivity index (χ3v) is 5.00. The van der Waals surface area contributed by atoms with Crippen molar-refractivity contribution in [1.29, 1.82) is 0 Å². The van der Waals surface area contributed by atoms with E-state index in [4.69, 9.17) is 8.94 Å². The van der Waals surface area contributed by atoms with Crippen LogP contribution in [0.4, 0.5) is 5.82 Å². The number of anilines is 1. The van der Waals surface area contributed by atoms with E-state index in [1.807, 2.05) is 43.3 Å². The van der Waals surface area contributed by atoms with E-state index >= 15 is 0 Å². The summed E-state index contributed by atoms with van der Waals surface area (Å²) in [5.41, 5.74) is 2.27. The highest BCUT2D eigenvalue weighted by molar-refractivity contribution is 6.10. The molecular weight excluding hydrogens is 356 g/mol. The molecule has 2 aromatic carbocycles. The smallest absolute Gasteiger partial charge is 0.296 e. The van der Waals surface area contributed by atoms with Crippen LogP contribution in [0.3, 0.4) is 0 Å². The van der Waals surface area contributed by atoms with Crippen LogP contribution in [0.15, 0.2) is 68.3 Å². The molecule has 1 amide bonds. The molecule has 0 spiro atoms. The lowest BCUT2D eigenvalue weighted by molar-refractivity contribution is 0.0969. The van der Waals surface area contributed by atoms with Crippen molar-refractivity contribution < 1.29 is 13.7 Å². The second-order valence-electron chi connectivity index (χ2n) is 6.96. The van der Waals surface area contributed by atoms with Crippen LogP contribution in [0, 0.1) is 13.8 Å². The van der Waals surface area contributed by atoms with Crippen molar-refractivity contribution in [3.63, 3.8) is 0 Å². The Hall–Kier alpha value is -3.67. The third-order valence-electron chi connectivity index (χ3n) is 5.00. The van der Waals surface area contributed by atoms with Crippen LogP contribution in [0.5, 0.6) is 0 Å². The fourth-order valence-electron chi connectivity index (χ4n) is 3.74. The third kappa shape index (κ3) is 2.31. The van der Waals surface area contributed by atoms with Crippen molar-refractivity contribution in [3.05, 3.63) is 93.0 Å². The minimum Gasteiger partial charge on any atom is -0.450 e. The summed E-state index contributed by atoms with van der Waals surface area (Å²) in [6, 6.07) is 15.8. The van der Waals surface area contributed by atoms with Crippen molar-refractivity contribution >= 4 is 22.7 Å². The Morgan fingerprint density at radius 1 is 1.00 bits per heavy atom. The van der Waals surface area contributed by atoms with Gasteiger partial charge in [0.1, 0.15) is 11.3 Å². The van der Waals surface area contributed by atoms with Gasteiger partial charge in [-0.2, -0.15) is 0 Å². The molecule has 2 aromatic heterocycles. The van der Waals surface area contributed by atoms with Gasteiger partial charge in [0.05, 0.1) is 17.0 Å². The van der Waals surface area contributed by atoms with Crippen molar-refractivity contribution in [2.45, 2.75) is 19.9 Å². The fraction of sp³-hybridized carbons (Fsp3) is 0.136. The molecule has 0 saturated heterocycles. The normalized spacial score (nSPS) is 16.0. The number of hydrogen-bond donors (Lipinski definition) is 0. The van der Waals surface area contributed by atoms with Gasteiger partial charge in [-0.25, -0.2) is 0 Å². The standard InChI is InChI=1S/C22H16N2O4/c1-12-8-9-16-15(10-12)20(25)18-19(14-6-4-3-5-7-14)24(22(26)21(18)27-16)17-11-13(2)28-23-17/h3-11,19H,1-2H3/t19-/m0/s1. The van der Waals surface area contributed by atoms with E-state index in [0.717, 1.165) is 11.1 Å². The first-order valence-electron chi connectivity index (χ1n) is 8.94. The zero-order valence-corrected chi connectivity index (χ0v) is 15.3. The number of carbonyl (C=O) groups is 1. The first kappa shape index (κ1) is 16.5. The lowest BCUT2D eigenvalue weighted by Crippen LogP contribution is -2.29. The summed E-state index contributed by atoms with van der Waals surface area (Å²) in [5.74, 6) is 0.570. The molecule has 0 radical (unpaired) electrons. The Balaban J connectivity index is 1.84. The minimum absolute atomic E-state index is 0.0517. The molecule has 1 atom stereocenters. The number of rotatable bonds is 2. The molecule has 4 aromatic rings. The van der Waals surface area contributed by atoms with Gasteiger partial charge in [-0.3, -0.25) is 14.5 Å². The van der Waals surface area contributed by atoms with Gasteiger partial charge in [-0.1, -0.05) is 47.1 Å². The number of amides is 1. The first-order chi connectivity index (χ1) is 13.5. The van der Waals surface area contributed by atoms with Gasteiger partial charge < -0.3 is 8.94 Å². The Morgan fingerprint density at radius 2 is 1.79 bits per heavy atom. The average molecular weight is 372 g/mol. The van der Waals surface area contributed by atoms with Crippen LogP contribution < -0.4 is 10.3 Å². The highest BCUT2D eigenvalue weighted by atomic mass is 16.5. The van der Waals surface area contributed by atoms with E-state index in [-0.39, 0.29) is 11.2 Å². The lowest BCUT2D eigenvalue weighted by Gasteiger charge is -2.22. The molecule has 6 nitrogen and oxygen atoms in total. The summed E-state index contributed by atoms with van der Waals surface area (Å²) >= 11 is 0. The number of benzene rings is 2. The maximum Gasteiger partial charge on any atom is 0.296 e. The van der Waals surface area contributed by atoms with Crippen molar-refractivity contribution in [2.75, 3.05) is 4.90 Å². The van der Waals surface area contributed by atoms with Crippen LogP contribution in [-0.2, 0) is 0 Å². The van der Waals surface area contributed by atoms with E-state index in [1.165, 1.54) is 4.90 Å². The quantitative estimate of drug-likeness (QED) is 0.528. The molecule has 0 aliphatic carbocycles. The average Bonchev–Trinajstić information content (AvgIpc) is 3.24. The van der Waals surface area contributed by atoms with Crippen LogP contribution in [0.25, 0.3) is 11.0 Å². The number of aryl methyl sites for hydroxylation is 2. The van der Waals surface area contributed by atoms with E-state index in [0.29, 0.717) is 28.1 Å². The number of fused-ring (bicyclic) bond motifs is 2. The summed E-state index contributed by atoms with van der Waals surface area (Å²) < 4.78 is 11.1. The molecule has 0 bridgehead atoms. The Bertz CT molecular complexity index is 1290. The van der Waals surface area contributed by atoms with E-state index in [1.54, 1.807) is 25.1 Å². The lowest BCUT2D eigenvalue weighted by atomic mass is 9.98. The molecule has 28 heavy (non-hydrogen) atoms. The van der Waals surface area contributed by atoms with Crippen molar-refractivity contribution in [2.24, 2.45) is 0 Å². The van der Waals surface area contributed by atoms with Gasteiger partial charge in [0, 0.05) is 6.07 Å². The molecule has 6 heteroatoms. The van der Waals surface area contributed by atoms with Gasteiger partial charge in [0.2, 0.25) is 5.76 Å². The topological polar surface area (TPSA) is 76.6 Å². The van der Waals surface area contributed by atoms with Crippen LogP contribution in [0.1, 0.15) is 39.0 Å². The van der Waals surface area contributed by atoms with Gasteiger partial charge in [-0.15, -0.1) is 0 Å². The summed E-state index contributed by atoms with van der Waals surface area (Å²) in [4.78, 5) is 28.1. The Kier molecular flexibility index (Phi) is 3.49. The number of aromatic nitrogens is 1. The molecule has 0 fully saturated rings. The molecular formula is C22H16N2O4. The predicted octanol–water partition coefficient (Wildman–Crippen LogP) is 4.15. The highest BCUT2D eigenvalue weighted by Gasteiger charge is 2.44. The molecule has 5 rings (SSSR count). The second-order valence-corrected chi connectivity index (χ2v) is 6.96. The molecule has 138 valence electrons. The van der Waals surface area contributed by atoms with Gasteiger partial charge >= 0.3 is 0 Å². The number of nitrogens with zero attached hydrogens (tertiary/aromatic N) is 2. The largest absolute Gasteiger partial charge is 0.450 e. The molecule has 1 aliphatic rings. The van der Waals surface area contributed by atoms with E-state index < -0.39 is 11.9 Å². The van der Waals surface area contributed by atoms with Crippen LogP contribution >= 0.6 is 0 Å². The highest BCUT2D eigenvalue weighted by Crippen LogP contribution is 2.40. The summed E-state index contributed by atoms with van der Waals surface area (Å²) in [5, 5.41) is 4.47. The SMILES string of the molecule is Cc1ccc2oc3c(c(=O)c2c1)[C@H](c1ccccc1)N(c1cc(C)on1)C3=O. The molecule has 0 N–H and O–H groups in total. The summed E-state index contributed by atoms with van der Waals surface area (Å²) in [6.07, 6.45) is 0. The monoisotopic (exact) mass is 372 g/mol. The molecule has 1 aliphatic heterocycles. The van der Waals surface area contributed by atoms with E-state index in [9.17, 15) is 9.59 Å². The predicted molar refractivity (Wildman–Crippen MR) is 104 cm³/mol. The van der Waals surface area contributed by atoms with Crippen LogP contribution in [-0.4, -0.2) is 11.1 Å². The molecule has 0 saturated carbocycles.